The molecule has 0 heterocycles. The number of nitrogens with one attached hydrogen (secondary N) is 1. The minimum absolute atomic E-state index is 0.128. The van der Waals surface area contributed by atoms with E-state index in [1.807, 2.05) is 18.2 Å². The molecule has 0 saturated carbocycles. The van der Waals surface area contributed by atoms with Crippen LogP contribution in [-0.4, -0.2) is 19.4 Å². The number of hydrogen-bond acceptors (Lipinski definition) is 6. The first kappa shape index (κ1) is 27.8. The van der Waals surface area contributed by atoms with Gasteiger partial charge in [0.05, 0.1) is 12.1 Å². The minimum atomic E-state index is -0.128. The van der Waals surface area contributed by atoms with Crippen molar-refractivity contribution in [3.63, 3.8) is 0 Å². The molecule has 0 aliphatic carbocycles. The number of hydrogen-bond donors (Lipinski definition) is 2. The lowest BCUT2D eigenvalue weighted by Crippen LogP contribution is -2.07. The number of methoxy groups -OCH3 is 1. The fourth-order valence-electron chi connectivity index (χ4n) is 4.22. The summed E-state index contributed by atoms with van der Waals surface area (Å²) in [6.07, 6.45) is 1.47. The van der Waals surface area contributed by atoms with Crippen molar-refractivity contribution < 1.29 is 14.2 Å². The normalized spacial score (nSPS) is 11.1. The highest BCUT2D eigenvalue weighted by atomic mass is 35.5. The number of ether oxygens (including phenoxy) is 3. The first-order chi connectivity index (χ1) is 17.7. The Morgan fingerprint density at radius 3 is 2.46 bits per heavy atom. The minimum Gasteiger partial charge on any atom is -0.496 e. The van der Waals surface area contributed by atoms with E-state index in [9.17, 15) is 0 Å². The summed E-state index contributed by atoms with van der Waals surface area (Å²) in [6, 6.07) is 15.5. The van der Waals surface area contributed by atoms with Crippen LogP contribution in [0.25, 0.3) is 11.1 Å². The van der Waals surface area contributed by atoms with Crippen LogP contribution in [0.15, 0.2) is 54.1 Å². The number of nitrogens with zero attached hydrogens (tertiary/aromatic N) is 1. The van der Waals surface area contributed by atoms with Crippen LogP contribution in [0.1, 0.15) is 34.7 Å². The maximum Gasteiger partial charge on any atom is 0.142 e. The van der Waals surface area contributed by atoms with Crippen molar-refractivity contribution in [3.8, 4) is 34.4 Å². The second-order valence-corrected chi connectivity index (χ2v) is 9.27. The molecule has 3 rings (SSSR count). The topological polar surface area (TPSA) is 101 Å². The molecule has 192 valence electrons. The van der Waals surface area contributed by atoms with Crippen molar-refractivity contribution in [1.82, 2.24) is 0 Å². The SMILES string of the molecule is COc1ccc(C)c(-c2cccc(COc3cc(OC/C(C)=C/C(=N)C#N)c(CN)cc3Cl)c2C)c1C. The maximum atomic E-state index is 8.81. The summed E-state index contributed by atoms with van der Waals surface area (Å²) in [5.41, 5.74) is 14.0. The Bertz CT molecular complexity index is 1390. The number of rotatable bonds is 10. The van der Waals surface area contributed by atoms with Gasteiger partial charge in [-0.15, -0.1) is 0 Å². The van der Waals surface area contributed by atoms with Crippen molar-refractivity contribution in [1.29, 1.82) is 10.7 Å². The first-order valence-electron chi connectivity index (χ1n) is 11.9. The average Bonchev–Trinajstić information content (AvgIpc) is 2.88. The van der Waals surface area contributed by atoms with Gasteiger partial charge in [-0.2, -0.15) is 5.26 Å². The highest BCUT2D eigenvalue weighted by molar-refractivity contribution is 6.32. The summed E-state index contributed by atoms with van der Waals surface area (Å²) >= 11 is 6.51. The lowest BCUT2D eigenvalue weighted by molar-refractivity contribution is 0.300. The molecule has 0 aliphatic heterocycles. The third-order valence-corrected chi connectivity index (χ3v) is 6.54. The van der Waals surface area contributed by atoms with Gasteiger partial charge in [0.2, 0.25) is 0 Å². The second-order valence-electron chi connectivity index (χ2n) is 8.86. The molecule has 3 N–H and O–H groups in total. The van der Waals surface area contributed by atoms with Crippen LogP contribution in [0.5, 0.6) is 17.2 Å². The second kappa shape index (κ2) is 12.4. The molecule has 0 fully saturated rings. The van der Waals surface area contributed by atoms with Gasteiger partial charge < -0.3 is 19.9 Å². The van der Waals surface area contributed by atoms with E-state index in [0.717, 1.165) is 44.7 Å². The molecule has 0 saturated heterocycles. The standard InChI is InChI=1S/C30H32ClN3O3/c1-18(11-24(34)15-33)16-36-28-13-29(26(31)12-23(28)14-32)37-17-22-7-6-8-25(20(22)3)30-19(2)9-10-27(35-5)21(30)4/h6-13,34H,14,16-17,32H2,1-5H3/b18-11+,34-24?. The zero-order valence-corrected chi connectivity index (χ0v) is 22.6. The van der Waals surface area contributed by atoms with Crippen LogP contribution in [0, 0.1) is 37.5 Å². The molecule has 0 atom stereocenters. The van der Waals surface area contributed by atoms with E-state index >= 15 is 0 Å². The summed E-state index contributed by atoms with van der Waals surface area (Å²) in [5.74, 6) is 1.89. The molecule has 0 bridgehead atoms. The van der Waals surface area contributed by atoms with Crippen molar-refractivity contribution >= 4 is 17.3 Å². The Morgan fingerprint density at radius 1 is 1.03 bits per heavy atom. The van der Waals surface area contributed by atoms with Crippen molar-refractivity contribution in [3.05, 3.63) is 87.0 Å². The van der Waals surface area contributed by atoms with Crippen LogP contribution < -0.4 is 19.9 Å². The highest BCUT2D eigenvalue weighted by Crippen LogP contribution is 2.37. The van der Waals surface area contributed by atoms with Gasteiger partial charge in [0, 0.05) is 18.2 Å². The number of halogens is 1. The highest BCUT2D eigenvalue weighted by Gasteiger charge is 2.16. The number of allylic oxidation sites excluding steroid dienone is 1. The fraction of sp³-hybridized carbons (Fsp3) is 0.267. The molecule has 0 spiro atoms. The zero-order valence-electron chi connectivity index (χ0n) is 21.9. The molecule has 3 aromatic rings. The molecule has 0 amide bonds. The van der Waals surface area contributed by atoms with E-state index in [4.69, 9.17) is 42.2 Å². The summed E-state index contributed by atoms with van der Waals surface area (Å²) in [4.78, 5) is 0. The number of nitrogens with two attached hydrogens (primary N) is 1. The number of aryl methyl sites for hydroxylation is 1. The van der Waals surface area contributed by atoms with E-state index < -0.39 is 0 Å². The first-order valence-corrected chi connectivity index (χ1v) is 12.2. The van der Waals surface area contributed by atoms with Crippen LogP contribution in [0.3, 0.4) is 0 Å². The van der Waals surface area contributed by atoms with Crippen molar-refractivity contribution in [2.75, 3.05) is 13.7 Å². The summed E-state index contributed by atoms with van der Waals surface area (Å²) in [5, 5.41) is 16.8. The quantitative estimate of drug-likeness (QED) is 0.286. The molecule has 37 heavy (non-hydrogen) atoms. The predicted octanol–water partition coefficient (Wildman–Crippen LogP) is 6.85. The summed E-state index contributed by atoms with van der Waals surface area (Å²) < 4.78 is 17.6. The Hall–Kier alpha value is -3.79. The molecule has 0 aliphatic rings. The largest absolute Gasteiger partial charge is 0.496 e. The Balaban J connectivity index is 1.87. The number of nitriles is 1. The van der Waals surface area contributed by atoms with Gasteiger partial charge in [0.15, 0.2) is 0 Å². The van der Waals surface area contributed by atoms with Gasteiger partial charge in [-0.05, 0) is 84.9 Å². The zero-order chi connectivity index (χ0) is 27.1. The predicted molar refractivity (Wildman–Crippen MR) is 149 cm³/mol. The monoisotopic (exact) mass is 517 g/mol. The van der Waals surface area contributed by atoms with Gasteiger partial charge in [-0.3, -0.25) is 5.41 Å². The summed E-state index contributed by atoms with van der Waals surface area (Å²) in [7, 11) is 1.69. The maximum absolute atomic E-state index is 8.81. The van der Waals surface area contributed by atoms with Gasteiger partial charge in [0.1, 0.15) is 42.2 Å². The molecule has 3 aromatic carbocycles. The molecule has 6 nitrogen and oxygen atoms in total. The molecule has 7 heteroatoms. The van der Waals surface area contributed by atoms with Gasteiger partial charge in [-0.1, -0.05) is 35.9 Å². The van der Waals surface area contributed by atoms with Crippen LogP contribution >= 0.6 is 11.6 Å². The number of benzene rings is 3. The van der Waals surface area contributed by atoms with Crippen molar-refractivity contribution in [2.24, 2.45) is 5.73 Å². The average molecular weight is 518 g/mol. The molecular formula is C30H32ClN3O3. The smallest absolute Gasteiger partial charge is 0.142 e. The Morgan fingerprint density at radius 2 is 1.78 bits per heavy atom. The third-order valence-electron chi connectivity index (χ3n) is 6.24. The van der Waals surface area contributed by atoms with E-state index in [-0.39, 0.29) is 18.9 Å². The van der Waals surface area contributed by atoms with Gasteiger partial charge in [-0.25, -0.2) is 0 Å². The lowest BCUT2D eigenvalue weighted by atomic mass is 9.90. The van der Waals surface area contributed by atoms with Crippen molar-refractivity contribution in [2.45, 2.75) is 40.8 Å². The van der Waals surface area contributed by atoms with E-state index in [1.54, 1.807) is 32.2 Å². The van der Waals surface area contributed by atoms with E-state index in [0.29, 0.717) is 23.1 Å². The summed E-state index contributed by atoms with van der Waals surface area (Å²) in [6.45, 7) is 8.83. The molecular weight excluding hydrogens is 486 g/mol. The van der Waals surface area contributed by atoms with Gasteiger partial charge in [0.25, 0.3) is 0 Å². The van der Waals surface area contributed by atoms with Crippen LogP contribution in [0.4, 0.5) is 0 Å². The Kier molecular flexibility index (Phi) is 9.35. The third kappa shape index (κ3) is 6.51. The molecule has 0 radical (unpaired) electrons. The van der Waals surface area contributed by atoms with Gasteiger partial charge >= 0.3 is 0 Å². The van der Waals surface area contributed by atoms with E-state index in [1.165, 1.54) is 11.6 Å². The Labute approximate surface area is 223 Å². The fourth-order valence-corrected chi connectivity index (χ4v) is 4.46. The molecule has 0 aromatic heterocycles. The lowest BCUT2D eigenvalue weighted by Gasteiger charge is -2.19. The molecule has 0 unspecified atom stereocenters. The van der Waals surface area contributed by atoms with Crippen LogP contribution in [0.2, 0.25) is 5.02 Å². The van der Waals surface area contributed by atoms with E-state index in [2.05, 4.69) is 32.9 Å². The van der Waals surface area contributed by atoms with Crippen LogP contribution in [-0.2, 0) is 13.2 Å².